The number of hydrogen-bond acceptors (Lipinski definition) is 3. The molecule has 0 atom stereocenters. The maximum absolute atomic E-state index is 4.53. The highest BCUT2D eigenvalue weighted by molar-refractivity contribution is 9.10. The Balaban J connectivity index is 2.35. The molecule has 0 aliphatic carbocycles. The average Bonchev–Trinajstić information content (AvgIpc) is 2.66. The van der Waals surface area contributed by atoms with Gasteiger partial charge in [-0.15, -0.1) is 0 Å². The second-order valence-corrected chi connectivity index (χ2v) is 4.94. The van der Waals surface area contributed by atoms with Gasteiger partial charge in [0.05, 0.1) is 33.3 Å². The van der Waals surface area contributed by atoms with Gasteiger partial charge in [0, 0.05) is 5.39 Å². The molecular weight excluding hydrogens is 292 g/mol. The number of benzene rings is 1. The van der Waals surface area contributed by atoms with Gasteiger partial charge in [-0.25, -0.2) is 4.68 Å². The molecule has 4 nitrogen and oxygen atoms in total. The van der Waals surface area contributed by atoms with Gasteiger partial charge in [-0.2, -0.15) is 15.3 Å². The molecule has 0 N–H and O–H groups in total. The van der Waals surface area contributed by atoms with E-state index in [0.717, 1.165) is 32.5 Å². The molecule has 0 fully saturated rings. The predicted molar refractivity (Wildman–Crippen MR) is 73.8 cm³/mol. The van der Waals surface area contributed by atoms with E-state index in [1.54, 1.807) is 6.20 Å². The van der Waals surface area contributed by atoms with Crippen molar-refractivity contribution in [3.05, 3.63) is 46.3 Å². The fraction of sp³-hybridized carbons (Fsp3) is 0.154. The average molecular weight is 303 g/mol. The molecule has 2 heterocycles. The molecule has 0 amide bonds. The first-order valence-electron chi connectivity index (χ1n) is 5.61. The number of aromatic nitrogens is 4. The Labute approximate surface area is 113 Å². The molecule has 18 heavy (non-hydrogen) atoms. The van der Waals surface area contributed by atoms with E-state index < -0.39 is 0 Å². The summed E-state index contributed by atoms with van der Waals surface area (Å²) in [6.45, 7) is 4.00. The van der Waals surface area contributed by atoms with Gasteiger partial charge >= 0.3 is 0 Å². The quantitative estimate of drug-likeness (QED) is 0.693. The molecule has 3 aromatic rings. The van der Waals surface area contributed by atoms with E-state index in [0.29, 0.717) is 0 Å². The van der Waals surface area contributed by atoms with Crippen molar-refractivity contribution in [3.63, 3.8) is 0 Å². The molecular formula is C13H11BrN4. The Kier molecular flexibility index (Phi) is 2.63. The molecule has 5 heteroatoms. The Morgan fingerprint density at radius 1 is 1.17 bits per heavy atom. The Morgan fingerprint density at radius 3 is 2.67 bits per heavy atom. The third-order valence-corrected chi connectivity index (χ3v) is 4.10. The lowest BCUT2D eigenvalue weighted by Crippen LogP contribution is -2.01. The zero-order valence-electron chi connectivity index (χ0n) is 10.1. The largest absolute Gasteiger partial charge is 0.234 e. The molecule has 0 radical (unpaired) electrons. The van der Waals surface area contributed by atoms with Crippen LogP contribution in [0.3, 0.4) is 0 Å². The van der Waals surface area contributed by atoms with Crippen LogP contribution >= 0.6 is 15.9 Å². The Bertz CT molecular complexity index is 728. The van der Waals surface area contributed by atoms with E-state index in [2.05, 4.69) is 31.2 Å². The van der Waals surface area contributed by atoms with Crippen LogP contribution in [0.4, 0.5) is 0 Å². The molecule has 0 aliphatic rings. The molecule has 1 aromatic carbocycles. The highest BCUT2D eigenvalue weighted by atomic mass is 79.9. The first-order chi connectivity index (χ1) is 8.68. The number of halogens is 1. The van der Waals surface area contributed by atoms with Gasteiger partial charge in [0.25, 0.3) is 0 Å². The minimum Gasteiger partial charge on any atom is -0.234 e. The molecule has 0 saturated heterocycles. The maximum atomic E-state index is 4.53. The Morgan fingerprint density at radius 2 is 1.94 bits per heavy atom. The lowest BCUT2D eigenvalue weighted by atomic mass is 10.2. The van der Waals surface area contributed by atoms with Gasteiger partial charge in [-0.1, -0.05) is 18.2 Å². The highest BCUT2D eigenvalue weighted by Gasteiger charge is 2.12. The molecule has 2 aromatic heterocycles. The van der Waals surface area contributed by atoms with E-state index in [-0.39, 0.29) is 0 Å². The second kappa shape index (κ2) is 4.17. The van der Waals surface area contributed by atoms with Crippen molar-refractivity contribution in [1.29, 1.82) is 0 Å². The number of nitrogens with zero attached hydrogens (tertiary/aromatic N) is 4. The number of hydrogen-bond donors (Lipinski definition) is 0. The molecule has 0 saturated carbocycles. The molecule has 3 rings (SSSR count). The normalized spacial score (nSPS) is 11.1. The SMILES string of the molecule is Cc1nn(-c2cnnc3ccccc23)c(C)c1Br. The summed E-state index contributed by atoms with van der Waals surface area (Å²) in [6, 6.07) is 7.93. The summed E-state index contributed by atoms with van der Waals surface area (Å²) in [4.78, 5) is 0. The topological polar surface area (TPSA) is 43.6 Å². The molecule has 0 spiro atoms. The van der Waals surface area contributed by atoms with Crippen LogP contribution in [0.5, 0.6) is 0 Å². The van der Waals surface area contributed by atoms with Gasteiger partial charge in [0.2, 0.25) is 0 Å². The first-order valence-corrected chi connectivity index (χ1v) is 6.40. The van der Waals surface area contributed by atoms with E-state index in [4.69, 9.17) is 0 Å². The van der Waals surface area contributed by atoms with Crippen LogP contribution in [-0.2, 0) is 0 Å². The van der Waals surface area contributed by atoms with E-state index in [1.807, 2.05) is 42.8 Å². The van der Waals surface area contributed by atoms with Gasteiger partial charge in [0.15, 0.2) is 0 Å². The van der Waals surface area contributed by atoms with Crippen LogP contribution in [0.15, 0.2) is 34.9 Å². The van der Waals surface area contributed by atoms with Crippen molar-refractivity contribution < 1.29 is 0 Å². The summed E-state index contributed by atoms with van der Waals surface area (Å²) in [5.74, 6) is 0. The van der Waals surface area contributed by atoms with Gasteiger partial charge < -0.3 is 0 Å². The fourth-order valence-electron chi connectivity index (χ4n) is 2.02. The van der Waals surface area contributed by atoms with Crippen LogP contribution in [0.25, 0.3) is 16.6 Å². The van der Waals surface area contributed by atoms with Crippen LogP contribution in [0.2, 0.25) is 0 Å². The summed E-state index contributed by atoms with van der Waals surface area (Å²) >= 11 is 3.54. The summed E-state index contributed by atoms with van der Waals surface area (Å²) in [5.41, 5.74) is 3.85. The number of rotatable bonds is 1. The fourth-order valence-corrected chi connectivity index (χ4v) is 2.27. The third kappa shape index (κ3) is 1.62. The zero-order valence-corrected chi connectivity index (χ0v) is 11.6. The van der Waals surface area contributed by atoms with E-state index in [9.17, 15) is 0 Å². The van der Waals surface area contributed by atoms with Crippen molar-refractivity contribution in [2.45, 2.75) is 13.8 Å². The van der Waals surface area contributed by atoms with Crippen molar-refractivity contribution in [2.24, 2.45) is 0 Å². The molecule has 0 bridgehead atoms. The number of fused-ring (bicyclic) bond motifs is 1. The van der Waals surface area contributed by atoms with Crippen molar-refractivity contribution in [1.82, 2.24) is 20.0 Å². The highest BCUT2D eigenvalue weighted by Crippen LogP contribution is 2.25. The first kappa shape index (κ1) is 11.3. The van der Waals surface area contributed by atoms with Crippen molar-refractivity contribution >= 4 is 26.8 Å². The van der Waals surface area contributed by atoms with Gasteiger partial charge in [0.1, 0.15) is 0 Å². The summed E-state index contributed by atoms with van der Waals surface area (Å²) in [6.07, 6.45) is 1.74. The van der Waals surface area contributed by atoms with Crippen LogP contribution in [0.1, 0.15) is 11.4 Å². The lowest BCUT2D eigenvalue weighted by Gasteiger charge is -2.06. The predicted octanol–water partition coefficient (Wildman–Crippen LogP) is 3.19. The van der Waals surface area contributed by atoms with E-state index in [1.165, 1.54) is 0 Å². The van der Waals surface area contributed by atoms with E-state index >= 15 is 0 Å². The van der Waals surface area contributed by atoms with Crippen LogP contribution in [-0.4, -0.2) is 20.0 Å². The molecule has 90 valence electrons. The lowest BCUT2D eigenvalue weighted by molar-refractivity contribution is 0.829. The maximum Gasteiger partial charge on any atom is 0.0951 e. The van der Waals surface area contributed by atoms with Crippen LogP contribution in [0, 0.1) is 13.8 Å². The monoisotopic (exact) mass is 302 g/mol. The summed E-state index contributed by atoms with van der Waals surface area (Å²) < 4.78 is 2.93. The third-order valence-electron chi connectivity index (χ3n) is 2.96. The van der Waals surface area contributed by atoms with Crippen molar-refractivity contribution in [3.8, 4) is 5.69 Å². The standard InChI is InChI=1S/C13H11BrN4/c1-8-13(14)9(2)18(17-8)12-7-15-16-11-6-4-3-5-10(11)12/h3-7H,1-2H3. The van der Waals surface area contributed by atoms with Gasteiger partial charge in [-0.05, 0) is 35.8 Å². The minimum atomic E-state index is 0.874. The minimum absolute atomic E-state index is 0.874. The summed E-state index contributed by atoms with van der Waals surface area (Å²) in [7, 11) is 0. The van der Waals surface area contributed by atoms with Crippen LogP contribution < -0.4 is 0 Å². The van der Waals surface area contributed by atoms with Crippen molar-refractivity contribution in [2.75, 3.05) is 0 Å². The second-order valence-electron chi connectivity index (χ2n) is 4.14. The summed E-state index contributed by atoms with van der Waals surface area (Å²) in [5, 5.41) is 13.7. The smallest absolute Gasteiger partial charge is 0.0951 e. The Hall–Kier alpha value is -1.75. The molecule has 0 aliphatic heterocycles. The molecule has 0 unspecified atom stereocenters. The number of aryl methyl sites for hydroxylation is 1. The zero-order chi connectivity index (χ0) is 12.7. The van der Waals surface area contributed by atoms with Gasteiger partial charge in [-0.3, -0.25) is 0 Å².